The maximum atomic E-state index is 13.3. The number of nitrogens with one attached hydrogen (secondary N) is 1. The molecule has 1 aromatic rings. The van der Waals surface area contributed by atoms with Crippen LogP contribution in [0.1, 0.15) is 25.7 Å². The van der Waals surface area contributed by atoms with Gasteiger partial charge in [-0.05, 0) is 62.2 Å². The molecule has 0 bridgehead atoms. The molecule has 1 saturated carbocycles. The van der Waals surface area contributed by atoms with Crippen molar-refractivity contribution >= 4 is 28.9 Å². The number of halogens is 3. The van der Waals surface area contributed by atoms with Gasteiger partial charge in [-0.25, -0.2) is 0 Å². The van der Waals surface area contributed by atoms with Gasteiger partial charge in [0.15, 0.2) is 5.11 Å². The first-order valence-electron chi connectivity index (χ1n) is 10.3. The van der Waals surface area contributed by atoms with Gasteiger partial charge in [0.05, 0.1) is 24.1 Å². The molecule has 0 aromatic heterocycles. The van der Waals surface area contributed by atoms with Crippen LogP contribution in [0.3, 0.4) is 0 Å². The Labute approximate surface area is 182 Å². The number of carbonyl (C=O) groups excluding carboxylic acids is 1. The van der Waals surface area contributed by atoms with Gasteiger partial charge < -0.3 is 30.1 Å². The summed E-state index contributed by atoms with van der Waals surface area (Å²) >= 11 is 5.43. The molecule has 31 heavy (non-hydrogen) atoms. The van der Waals surface area contributed by atoms with Crippen LogP contribution in [-0.4, -0.2) is 69.9 Å². The third kappa shape index (κ3) is 4.44. The number of hydrogen-bond acceptors (Lipinski definition) is 5. The first kappa shape index (κ1) is 22.1. The average molecular weight is 459 g/mol. The summed E-state index contributed by atoms with van der Waals surface area (Å²) in [6.45, 7) is 1.29. The van der Waals surface area contributed by atoms with E-state index in [2.05, 4.69) is 10.1 Å². The number of anilines is 1. The molecule has 5 atom stereocenters. The van der Waals surface area contributed by atoms with Gasteiger partial charge in [-0.3, -0.25) is 4.79 Å². The fraction of sp³-hybridized carbons (Fsp3) is 0.600. The number of likely N-dealkylation sites (tertiary alicyclic amines) is 1. The maximum Gasteiger partial charge on any atom is 0.573 e. The number of amides is 1. The lowest BCUT2D eigenvalue weighted by Crippen LogP contribution is -2.61. The van der Waals surface area contributed by atoms with Crippen LogP contribution in [0.25, 0.3) is 0 Å². The van der Waals surface area contributed by atoms with Crippen molar-refractivity contribution in [1.82, 2.24) is 10.2 Å². The third-order valence-electron chi connectivity index (χ3n) is 6.18. The molecule has 1 aliphatic carbocycles. The fourth-order valence-corrected chi connectivity index (χ4v) is 5.15. The monoisotopic (exact) mass is 459 g/mol. The number of carbonyl (C=O) groups is 1. The molecular weight excluding hydrogens is 435 g/mol. The number of piperidine rings is 1. The Morgan fingerprint density at radius 2 is 1.77 bits per heavy atom. The van der Waals surface area contributed by atoms with Crippen molar-refractivity contribution < 1.29 is 32.9 Å². The van der Waals surface area contributed by atoms with Crippen molar-refractivity contribution in [2.45, 2.75) is 56.3 Å². The van der Waals surface area contributed by atoms with Gasteiger partial charge in [0.1, 0.15) is 11.9 Å². The summed E-state index contributed by atoms with van der Waals surface area (Å²) in [6, 6.07) is 3.95. The lowest BCUT2D eigenvalue weighted by atomic mass is 9.76. The van der Waals surface area contributed by atoms with Crippen LogP contribution >= 0.6 is 12.2 Å². The summed E-state index contributed by atoms with van der Waals surface area (Å²) in [5, 5.41) is 24.2. The zero-order valence-corrected chi connectivity index (χ0v) is 17.4. The minimum Gasteiger partial charge on any atom is -0.406 e. The summed E-state index contributed by atoms with van der Waals surface area (Å²) < 4.78 is 41.3. The zero-order valence-electron chi connectivity index (χ0n) is 16.6. The number of thiocarbonyl (C=S) groups is 1. The first-order valence-corrected chi connectivity index (χ1v) is 10.7. The van der Waals surface area contributed by atoms with Crippen molar-refractivity contribution in [3.63, 3.8) is 0 Å². The second-order valence-corrected chi connectivity index (χ2v) is 8.55. The number of nitrogens with zero attached hydrogens (tertiary/aromatic N) is 2. The van der Waals surface area contributed by atoms with Crippen LogP contribution in [0.15, 0.2) is 24.3 Å². The van der Waals surface area contributed by atoms with E-state index in [1.807, 2.05) is 0 Å². The number of fused-ring (bicyclic) bond motifs is 1. The number of hydrogen-bond donors (Lipinski definition) is 3. The Kier molecular flexibility index (Phi) is 6.01. The van der Waals surface area contributed by atoms with Crippen molar-refractivity contribution in [2.75, 3.05) is 18.0 Å². The van der Waals surface area contributed by atoms with E-state index in [9.17, 15) is 28.2 Å². The molecule has 4 rings (SSSR count). The summed E-state index contributed by atoms with van der Waals surface area (Å²) in [7, 11) is 0. The smallest absolute Gasteiger partial charge is 0.406 e. The number of aliphatic hydroxyl groups excluding tert-OH is 2. The topological polar surface area (TPSA) is 85.3 Å². The molecule has 7 nitrogen and oxygen atoms in total. The molecule has 0 unspecified atom stereocenters. The summed E-state index contributed by atoms with van der Waals surface area (Å²) in [5.74, 6) is -1.10. The molecule has 3 fully saturated rings. The number of benzene rings is 1. The molecule has 1 aromatic carbocycles. The van der Waals surface area contributed by atoms with Crippen LogP contribution in [-0.2, 0) is 4.79 Å². The number of rotatable bonds is 3. The summed E-state index contributed by atoms with van der Waals surface area (Å²) in [5.41, 5.74) is 0.472. The van der Waals surface area contributed by atoms with E-state index in [0.717, 1.165) is 19.3 Å². The molecule has 0 radical (unpaired) electrons. The van der Waals surface area contributed by atoms with Gasteiger partial charge in [0.2, 0.25) is 5.91 Å². The lowest BCUT2D eigenvalue weighted by Gasteiger charge is -2.43. The summed E-state index contributed by atoms with van der Waals surface area (Å²) in [4.78, 5) is 16.8. The second kappa shape index (κ2) is 8.44. The third-order valence-corrected chi connectivity index (χ3v) is 6.49. The quantitative estimate of drug-likeness (QED) is 0.594. The average Bonchev–Trinajstić information content (AvgIpc) is 3.07. The van der Waals surface area contributed by atoms with E-state index in [-0.39, 0.29) is 23.2 Å². The number of alkyl halides is 3. The Hall–Kier alpha value is -2.11. The zero-order chi connectivity index (χ0) is 22.3. The lowest BCUT2D eigenvalue weighted by molar-refractivity contribution is -0.274. The number of aliphatic hydroxyl groups is 2. The van der Waals surface area contributed by atoms with Crippen LogP contribution in [0.4, 0.5) is 18.9 Å². The van der Waals surface area contributed by atoms with Crippen LogP contribution in [0.2, 0.25) is 0 Å². The minimum absolute atomic E-state index is 0.0771. The highest BCUT2D eigenvalue weighted by molar-refractivity contribution is 7.80. The summed E-state index contributed by atoms with van der Waals surface area (Å²) in [6.07, 6.45) is -4.05. The fourth-order valence-electron chi connectivity index (χ4n) is 4.78. The van der Waals surface area contributed by atoms with E-state index in [1.54, 1.807) is 9.80 Å². The van der Waals surface area contributed by atoms with Crippen LogP contribution < -0.4 is 15.0 Å². The molecule has 1 amide bonds. The Bertz CT molecular complexity index is 832. The second-order valence-electron chi connectivity index (χ2n) is 8.16. The molecule has 3 N–H and O–H groups in total. The minimum atomic E-state index is -4.80. The van der Waals surface area contributed by atoms with Gasteiger partial charge in [0.25, 0.3) is 0 Å². The van der Waals surface area contributed by atoms with Crippen molar-refractivity contribution in [2.24, 2.45) is 5.92 Å². The molecular formula is C20H24F3N3O4S. The predicted octanol–water partition coefficient (Wildman–Crippen LogP) is 1.77. The van der Waals surface area contributed by atoms with Gasteiger partial charge in [0, 0.05) is 18.8 Å². The Morgan fingerprint density at radius 1 is 1.13 bits per heavy atom. The van der Waals surface area contributed by atoms with E-state index in [0.29, 0.717) is 18.8 Å². The van der Waals surface area contributed by atoms with Crippen molar-refractivity contribution in [3.8, 4) is 5.75 Å². The maximum absolute atomic E-state index is 13.3. The van der Waals surface area contributed by atoms with Gasteiger partial charge >= 0.3 is 6.36 Å². The van der Waals surface area contributed by atoms with Crippen molar-refractivity contribution in [3.05, 3.63) is 24.3 Å². The molecule has 0 spiro atoms. The Balaban J connectivity index is 1.63. The SMILES string of the molecule is O=C([C@@H]1C[C@@H](O)[C@H](O)[C@@H]2NC(=S)N(c3ccc(OC(F)(F)F)cc3)[C@H]21)N1CCCCC1. The van der Waals surface area contributed by atoms with Crippen LogP contribution in [0.5, 0.6) is 5.75 Å². The molecule has 2 aliphatic heterocycles. The highest BCUT2D eigenvalue weighted by Gasteiger charge is 2.54. The van der Waals surface area contributed by atoms with E-state index < -0.39 is 36.6 Å². The largest absolute Gasteiger partial charge is 0.573 e. The normalized spacial score (nSPS) is 31.3. The van der Waals surface area contributed by atoms with E-state index in [4.69, 9.17) is 12.2 Å². The van der Waals surface area contributed by atoms with E-state index >= 15 is 0 Å². The van der Waals surface area contributed by atoms with E-state index in [1.165, 1.54) is 24.3 Å². The van der Waals surface area contributed by atoms with Gasteiger partial charge in [-0.2, -0.15) is 0 Å². The first-order chi connectivity index (χ1) is 14.7. The van der Waals surface area contributed by atoms with Gasteiger partial charge in [-0.15, -0.1) is 13.2 Å². The van der Waals surface area contributed by atoms with Crippen LogP contribution in [0, 0.1) is 5.92 Å². The molecule has 2 saturated heterocycles. The number of ether oxygens (including phenoxy) is 1. The van der Waals surface area contributed by atoms with Gasteiger partial charge in [-0.1, -0.05) is 0 Å². The van der Waals surface area contributed by atoms with Crippen molar-refractivity contribution in [1.29, 1.82) is 0 Å². The molecule has 11 heteroatoms. The molecule has 3 aliphatic rings. The Morgan fingerprint density at radius 3 is 2.39 bits per heavy atom. The predicted molar refractivity (Wildman–Crippen MR) is 109 cm³/mol. The highest BCUT2D eigenvalue weighted by Crippen LogP contribution is 2.38. The highest BCUT2D eigenvalue weighted by atomic mass is 32.1. The molecule has 170 valence electrons. The standard InChI is InChI=1S/C20H24F3N3O4S/c21-20(22,23)30-12-6-4-11(5-7-12)26-16-13(18(29)25-8-2-1-3-9-25)10-14(27)17(28)15(16)24-19(26)31/h4-7,13-17,27-28H,1-3,8-10H2,(H,24,31)/t13-,14-,15-,16+,17+/m1/s1. The molecule has 2 heterocycles.